The molecule has 1 aromatic rings. The van der Waals surface area contributed by atoms with E-state index in [1.165, 1.54) is 18.2 Å². The molecule has 1 aromatic carbocycles. The zero-order chi connectivity index (χ0) is 19.6. The second kappa shape index (κ2) is 7.26. The predicted octanol–water partition coefficient (Wildman–Crippen LogP) is 0.727. The van der Waals surface area contributed by atoms with Gasteiger partial charge < -0.3 is 5.32 Å². The lowest BCUT2D eigenvalue weighted by Crippen LogP contribution is -2.54. The van der Waals surface area contributed by atoms with Gasteiger partial charge in [-0.3, -0.25) is 34.2 Å². The Morgan fingerprint density at radius 1 is 1.30 bits per heavy atom. The van der Waals surface area contributed by atoms with Gasteiger partial charge in [-0.1, -0.05) is 11.2 Å². The van der Waals surface area contributed by atoms with Crippen LogP contribution in [0.25, 0.3) is 10.4 Å². The molecule has 1 saturated heterocycles. The predicted molar refractivity (Wildman–Crippen MR) is 90.4 cm³/mol. The third-order valence-corrected chi connectivity index (χ3v) is 4.24. The van der Waals surface area contributed by atoms with E-state index in [-0.39, 0.29) is 42.6 Å². The van der Waals surface area contributed by atoms with Crippen molar-refractivity contribution in [1.29, 1.82) is 0 Å². The van der Waals surface area contributed by atoms with Crippen molar-refractivity contribution >= 4 is 35.2 Å². The molecule has 27 heavy (non-hydrogen) atoms. The molecule has 11 nitrogen and oxygen atoms in total. The monoisotopic (exact) mass is 370 g/mol. The van der Waals surface area contributed by atoms with E-state index in [1.54, 1.807) is 0 Å². The number of nitrogens with zero attached hydrogens (tertiary/aromatic N) is 4. The third kappa shape index (κ3) is 3.35. The molecule has 2 aliphatic heterocycles. The van der Waals surface area contributed by atoms with Gasteiger partial charge in [-0.05, 0) is 24.1 Å². The molecule has 2 N–H and O–H groups in total. The van der Waals surface area contributed by atoms with E-state index in [4.69, 9.17) is 5.53 Å². The summed E-state index contributed by atoms with van der Waals surface area (Å²) in [4.78, 5) is 64.1. The Morgan fingerprint density at radius 2 is 2.07 bits per heavy atom. The Kier molecular flexibility index (Phi) is 4.86. The molecule has 1 fully saturated rings. The molecule has 138 valence electrons. The molecule has 2 heterocycles. The molecular formula is C16H14N6O5. The van der Waals surface area contributed by atoms with Gasteiger partial charge in [0, 0.05) is 24.3 Å². The maximum absolute atomic E-state index is 12.8. The number of hydrogen-bond donors (Lipinski definition) is 2. The SMILES string of the molecule is [N-]=[N+]=NCCC(=O)Nc1cccc2c1C(=O)N(C1CCC(=O)NC1=O)C2=O. The van der Waals surface area contributed by atoms with Gasteiger partial charge in [0.05, 0.1) is 16.8 Å². The van der Waals surface area contributed by atoms with Crippen molar-refractivity contribution in [2.24, 2.45) is 5.11 Å². The van der Waals surface area contributed by atoms with Crippen LogP contribution in [0.1, 0.15) is 40.0 Å². The second-order valence-corrected chi connectivity index (χ2v) is 5.93. The summed E-state index contributed by atoms with van der Waals surface area (Å²) in [5, 5.41) is 7.89. The quantitative estimate of drug-likeness (QED) is 0.337. The molecule has 0 spiro atoms. The molecular weight excluding hydrogens is 356 g/mol. The van der Waals surface area contributed by atoms with E-state index in [2.05, 4.69) is 20.7 Å². The molecule has 0 bridgehead atoms. The first kappa shape index (κ1) is 18.1. The number of fused-ring (bicyclic) bond motifs is 1. The van der Waals surface area contributed by atoms with Crippen molar-refractivity contribution < 1.29 is 24.0 Å². The summed E-state index contributed by atoms with van der Waals surface area (Å²) in [7, 11) is 0. The van der Waals surface area contributed by atoms with E-state index in [9.17, 15) is 24.0 Å². The van der Waals surface area contributed by atoms with E-state index in [1.807, 2.05) is 0 Å². The largest absolute Gasteiger partial charge is 0.325 e. The topological polar surface area (TPSA) is 161 Å². The van der Waals surface area contributed by atoms with Crippen LogP contribution < -0.4 is 10.6 Å². The summed E-state index contributed by atoms with van der Waals surface area (Å²) >= 11 is 0. The summed E-state index contributed by atoms with van der Waals surface area (Å²) in [5.41, 5.74) is 8.42. The number of azide groups is 1. The van der Waals surface area contributed by atoms with Gasteiger partial charge in [-0.2, -0.15) is 0 Å². The van der Waals surface area contributed by atoms with Crippen molar-refractivity contribution in [1.82, 2.24) is 10.2 Å². The van der Waals surface area contributed by atoms with E-state index in [0.717, 1.165) is 4.90 Å². The van der Waals surface area contributed by atoms with Gasteiger partial charge in [0.2, 0.25) is 17.7 Å². The van der Waals surface area contributed by atoms with E-state index < -0.39 is 35.6 Å². The summed E-state index contributed by atoms with van der Waals surface area (Å²) < 4.78 is 0. The Morgan fingerprint density at radius 3 is 2.78 bits per heavy atom. The maximum Gasteiger partial charge on any atom is 0.264 e. The highest BCUT2D eigenvalue weighted by Gasteiger charge is 2.45. The number of imide groups is 2. The van der Waals surface area contributed by atoms with Crippen molar-refractivity contribution in [3.63, 3.8) is 0 Å². The van der Waals surface area contributed by atoms with Gasteiger partial charge in [0.1, 0.15) is 6.04 Å². The Hall–Kier alpha value is -3.72. The molecule has 1 unspecified atom stereocenters. The average Bonchev–Trinajstić information content (AvgIpc) is 2.88. The molecule has 0 radical (unpaired) electrons. The fraction of sp³-hybridized carbons (Fsp3) is 0.312. The maximum atomic E-state index is 12.8. The van der Waals surface area contributed by atoms with Crippen LogP contribution in [0.5, 0.6) is 0 Å². The van der Waals surface area contributed by atoms with Crippen LogP contribution in [0.3, 0.4) is 0 Å². The van der Waals surface area contributed by atoms with Gasteiger partial charge >= 0.3 is 0 Å². The van der Waals surface area contributed by atoms with Gasteiger partial charge in [-0.25, -0.2) is 0 Å². The number of piperidine rings is 1. The minimum absolute atomic E-state index is 0.00988. The summed E-state index contributed by atoms with van der Waals surface area (Å²) in [5.74, 6) is -3.03. The number of nitrogens with one attached hydrogen (secondary N) is 2. The number of carbonyl (C=O) groups excluding carboxylic acids is 5. The van der Waals surface area contributed by atoms with Crippen molar-refractivity contribution in [2.75, 3.05) is 11.9 Å². The number of hydrogen-bond acceptors (Lipinski definition) is 6. The van der Waals surface area contributed by atoms with Crippen LogP contribution in [0.2, 0.25) is 0 Å². The highest BCUT2D eigenvalue weighted by atomic mass is 16.2. The first-order valence-electron chi connectivity index (χ1n) is 8.09. The zero-order valence-corrected chi connectivity index (χ0v) is 14.0. The van der Waals surface area contributed by atoms with E-state index in [0.29, 0.717) is 0 Å². The number of carbonyl (C=O) groups is 5. The number of amides is 5. The smallest absolute Gasteiger partial charge is 0.264 e. The lowest BCUT2D eigenvalue weighted by atomic mass is 10.0. The molecule has 0 aromatic heterocycles. The Balaban J connectivity index is 1.86. The minimum atomic E-state index is -1.08. The van der Waals surface area contributed by atoms with Crippen molar-refractivity contribution in [2.45, 2.75) is 25.3 Å². The fourth-order valence-electron chi connectivity index (χ4n) is 3.03. The van der Waals surface area contributed by atoms with Gasteiger partial charge in [-0.15, -0.1) is 0 Å². The molecule has 2 aliphatic rings. The lowest BCUT2D eigenvalue weighted by Gasteiger charge is -2.27. The Labute approximate surface area is 152 Å². The highest BCUT2D eigenvalue weighted by molar-refractivity contribution is 6.26. The van der Waals surface area contributed by atoms with Crippen LogP contribution in [-0.4, -0.2) is 47.0 Å². The van der Waals surface area contributed by atoms with Crippen LogP contribution in [0.4, 0.5) is 5.69 Å². The normalized spacial score (nSPS) is 18.7. The van der Waals surface area contributed by atoms with Crippen molar-refractivity contribution in [3.05, 3.63) is 39.8 Å². The zero-order valence-electron chi connectivity index (χ0n) is 14.0. The van der Waals surface area contributed by atoms with E-state index >= 15 is 0 Å². The minimum Gasteiger partial charge on any atom is -0.325 e. The molecule has 11 heteroatoms. The standard InChI is InChI=1S/C16H14N6O5/c17-21-18-7-6-12(24)19-9-3-1-2-8-13(9)16(27)22(15(8)26)10-4-5-11(23)20-14(10)25/h1-3,10H,4-7H2,(H,19,24)(H,20,23,25). The molecule has 0 saturated carbocycles. The summed E-state index contributed by atoms with van der Waals surface area (Å²) in [6.45, 7) is -0.0490. The van der Waals surface area contributed by atoms with Gasteiger partial charge in [0.15, 0.2) is 0 Å². The number of benzene rings is 1. The first-order chi connectivity index (χ1) is 12.9. The first-order valence-corrected chi connectivity index (χ1v) is 8.09. The van der Waals surface area contributed by atoms with Crippen LogP contribution in [-0.2, 0) is 14.4 Å². The molecule has 0 aliphatic carbocycles. The molecule has 1 atom stereocenters. The fourth-order valence-corrected chi connectivity index (χ4v) is 3.03. The van der Waals surface area contributed by atoms with Crippen LogP contribution >= 0.6 is 0 Å². The van der Waals surface area contributed by atoms with Crippen LogP contribution in [0, 0.1) is 0 Å². The highest BCUT2D eigenvalue weighted by Crippen LogP contribution is 2.32. The number of anilines is 1. The third-order valence-electron chi connectivity index (χ3n) is 4.24. The Bertz CT molecular complexity index is 920. The average molecular weight is 370 g/mol. The molecule has 3 rings (SSSR count). The number of rotatable bonds is 5. The van der Waals surface area contributed by atoms with Crippen molar-refractivity contribution in [3.8, 4) is 0 Å². The second-order valence-electron chi connectivity index (χ2n) is 5.93. The lowest BCUT2D eigenvalue weighted by molar-refractivity contribution is -0.136. The van der Waals surface area contributed by atoms with Gasteiger partial charge in [0.25, 0.3) is 11.8 Å². The summed E-state index contributed by atoms with van der Waals surface area (Å²) in [6, 6.07) is 3.31. The van der Waals surface area contributed by atoms with Crippen LogP contribution in [0.15, 0.2) is 23.3 Å². The summed E-state index contributed by atoms with van der Waals surface area (Å²) in [6.07, 6.45) is -0.0243. The molecule has 5 amide bonds.